The van der Waals surface area contributed by atoms with Crippen LogP contribution in [0.4, 0.5) is 11.4 Å². The Bertz CT molecular complexity index is 449. The third kappa shape index (κ3) is 1.81. The molecule has 2 N–H and O–H groups in total. The van der Waals surface area contributed by atoms with Gasteiger partial charge in [0, 0.05) is 43.3 Å². The second-order valence-corrected chi connectivity index (χ2v) is 5.43. The summed E-state index contributed by atoms with van der Waals surface area (Å²) in [5.74, 6) is 1.60. The summed E-state index contributed by atoms with van der Waals surface area (Å²) < 4.78 is 5.30. The van der Waals surface area contributed by atoms with Crippen LogP contribution in [0.3, 0.4) is 0 Å². The zero-order valence-corrected chi connectivity index (χ0v) is 11.1. The van der Waals surface area contributed by atoms with E-state index >= 15 is 0 Å². The van der Waals surface area contributed by atoms with E-state index in [1.807, 2.05) is 6.07 Å². The minimum absolute atomic E-state index is 0.708. The van der Waals surface area contributed by atoms with Crippen molar-refractivity contribution >= 4 is 11.4 Å². The first-order valence-electron chi connectivity index (χ1n) is 6.57. The van der Waals surface area contributed by atoms with Gasteiger partial charge >= 0.3 is 0 Å². The van der Waals surface area contributed by atoms with Gasteiger partial charge in [-0.3, -0.25) is 0 Å². The first-order chi connectivity index (χ1) is 8.69. The second-order valence-electron chi connectivity index (χ2n) is 5.43. The monoisotopic (exact) mass is 247 g/mol. The van der Waals surface area contributed by atoms with Crippen molar-refractivity contribution in [2.24, 2.45) is 5.92 Å². The Morgan fingerprint density at radius 3 is 2.83 bits per heavy atom. The summed E-state index contributed by atoms with van der Waals surface area (Å²) in [7, 11) is 3.89. The van der Waals surface area contributed by atoms with Crippen LogP contribution < -0.4 is 15.4 Å². The predicted molar refractivity (Wildman–Crippen MR) is 74.1 cm³/mol. The van der Waals surface area contributed by atoms with Crippen molar-refractivity contribution in [2.75, 3.05) is 44.4 Å². The van der Waals surface area contributed by atoms with Crippen LogP contribution in [0.2, 0.25) is 0 Å². The number of nitrogens with two attached hydrogens (primary N) is 1. The van der Waals surface area contributed by atoms with Gasteiger partial charge in [-0.05, 0) is 25.6 Å². The number of likely N-dealkylation sites (tertiary alicyclic amines) is 1. The molecule has 2 aliphatic heterocycles. The zero-order chi connectivity index (χ0) is 12.7. The number of anilines is 2. The third-order valence-electron chi connectivity index (χ3n) is 4.36. The van der Waals surface area contributed by atoms with Gasteiger partial charge in [-0.1, -0.05) is 0 Å². The molecule has 1 aromatic carbocycles. The molecular formula is C14H21N3O. The molecule has 2 fully saturated rings. The summed E-state index contributed by atoms with van der Waals surface area (Å²) in [6.45, 7) is 3.51. The molecule has 0 bridgehead atoms. The maximum atomic E-state index is 5.86. The molecule has 0 amide bonds. The molecule has 2 heterocycles. The van der Waals surface area contributed by atoms with Crippen molar-refractivity contribution in [2.45, 2.75) is 12.5 Å². The largest absolute Gasteiger partial charge is 0.495 e. The molecule has 2 atom stereocenters. The quantitative estimate of drug-likeness (QED) is 0.803. The topological polar surface area (TPSA) is 41.7 Å². The zero-order valence-electron chi connectivity index (χ0n) is 11.1. The van der Waals surface area contributed by atoms with E-state index < -0.39 is 0 Å². The molecule has 0 aromatic heterocycles. The van der Waals surface area contributed by atoms with Crippen molar-refractivity contribution < 1.29 is 4.74 Å². The second kappa shape index (κ2) is 4.35. The number of rotatable bonds is 2. The van der Waals surface area contributed by atoms with Gasteiger partial charge in [-0.25, -0.2) is 0 Å². The molecule has 4 nitrogen and oxygen atoms in total. The van der Waals surface area contributed by atoms with Crippen LogP contribution in [0.15, 0.2) is 18.2 Å². The highest BCUT2D eigenvalue weighted by molar-refractivity contribution is 5.62. The lowest BCUT2D eigenvalue weighted by Gasteiger charge is -2.52. The Balaban J connectivity index is 1.75. The van der Waals surface area contributed by atoms with Gasteiger partial charge in [0.15, 0.2) is 0 Å². The first-order valence-corrected chi connectivity index (χ1v) is 6.57. The van der Waals surface area contributed by atoms with Crippen LogP contribution in [-0.4, -0.2) is 44.7 Å². The summed E-state index contributed by atoms with van der Waals surface area (Å²) in [5.41, 5.74) is 7.80. The van der Waals surface area contributed by atoms with Gasteiger partial charge in [-0.15, -0.1) is 0 Å². The van der Waals surface area contributed by atoms with E-state index in [2.05, 4.69) is 29.0 Å². The molecule has 0 saturated carbocycles. The number of methoxy groups -OCH3 is 1. The minimum Gasteiger partial charge on any atom is -0.495 e. The maximum absolute atomic E-state index is 5.86. The number of nitrogen functional groups attached to an aromatic ring is 1. The van der Waals surface area contributed by atoms with Crippen molar-refractivity contribution in [3.8, 4) is 5.75 Å². The smallest absolute Gasteiger partial charge is 0.143 e. The number of fused-ring (bicyclic) bond motifs is 1. The van der Waals surface area contributed by atoms with Gasteiger partial charge < -0.3 is 20.3 Å². The van der Waals surface area contributed by atoms with Crippen LogP contribution in [0, 0.1) is 5.92 Å². The Labute approximate surface area is 108 Å². The Hall–Kier alpha value is -1.42. The molecular weight excluding hydrogens is 226 g/mol. The van der Waals surface area contributed by atoms with Crippen LogP contribution in [-0.2, 0) is 0 Å². The molecule has 0 aliphatic carbocycles. The average molecular weight is 247 g/mol. The van der Waals surface area contributed by atoms with Crippen molar-refractivity contribution in [3.05, 3.63) is 18.2 Å². The highest BCUT2D eigenvalue weighted by Crippen LogP contribution is 2.35. The van der Waals surface area contributed by atoms with Gasteiger partial charge in [0.25, 0.3) is 0 Å². The van der Waals surface area contributed by atoms with E-state index in [0.29, 0.717) is 5.69 Å². The van der Waals surface area contributed by atoms with Crippen LogP contribution in [0.25, 0.3) is 0 Å². The van der Waals surface area contributed by atoms with Crippen molar-refractivity contribution in [3.63, 3.8) is 0 Å². The number of hydrogen-bond acceptors (Lipinski definition) is 4. The standard InChI is InChI=1S/C14H21N3O/c1-16-8-10-9-17(6-5-13(10)16)11-3-4-12(15)14(7-11)18-2/h3-4,7,10,13H,5-6,8-9,15H2,1-2H3/t10-,13+/m0/s1. The van der Waals surface area contributed by atoms with E-state index in [4.69, 9.17) is 10.5 Å². The molecule has 3 rings (SSSR count). The van der Waals surface area contributed by atoms with E-state index in [9.17, 15) is 0 Å². The normalized spacial score (nSPS) is 27.6. The summed E-state index contributed by atoms with van der Waals surface area (Å²) in [6.07, 6.45) is 1.26. The summed E-state index contributed by atoms with van der Waals surface area (Å²) in [6, 6.07) is 6.89. The maximum Gasteiger partial charge on any atom is 0.143 e. The molecule has 18 heavy (non-hydrogen) atoms. The van der Waals surface area contributed by atoms with Crippen molar-refractivity contribution in [1.82, 2.24) is 4.90 Å². The predicted octanol–water partition coefficient (Wildman–Crippen LogP) is 1.42. The number of nitrogens with zero attached hydrogens (tertiary/aromatic N) is 2. The van der Waals surface area contributed by atoms with Gasteiger partial charge in [-0.2, -0.15) is 0 Å². The van der Waals surface area contributed by atoms with Gasteiger partial charge in [0.1, 0.15) is 5.75 Å². The highest BCUT2D eigenvalue weighted by Gasteiger charge is 2.40. The highest BCUT2D eigenvalue weighted by atomic mass is 16.5. The van der Waals surface area contributed by atoms with Gasteiger partial charge in [0.05, 0.1) is 12.8 Å². The molecule has 4 heteroatoms. The Morgan fingerprint density at radius 2 is 2.17 bits per heavy atom. The molecule has 0 unspecified atom stereocenters. The lowest BCUT2D eigenvalue weighted by Crippen LogP contribution is -2.61. The number of piperidine rings is 1. The van der Waals surface area contributed by atoms with Gasteiger partial charge in [0.2, 0.25) is 0 Å². The summed E-state index contributed by atoms with van der Waals surface area (Å²) in [4.78, 5) is 4.92. The SMILES string of the molecule is COc1cc(N2CC[C@@H]3[C@H](C2)CN3C)ccc1N. The van der Waals surface area contributed by atoms with E-state index in [0.717, 1.165) is 30.8 Å². The molecule has 0 radical (unpaired) electrons. The third-order valence-corrected chi connectivity index (χ3v) is 4.36. The lowest BCUT2D eigenvalue weighted by atomic mass is 9.83. The fourth-order valence-electron chi connectivity index (χ4n) is 3.28. The molecule has 2 saturated heterocycles. The minimum atomic E-state index is 0.708. The van der Waals surface area contributed by atoms with E-state index in [1.165, 1.54) is 18.7 Å². The number of ether oxygens (including phenoxy) is 1. The fourth-order valence-corrected chi connectivity index (χ4v) is 3.28. The van der Waals surface area contributed by atoms with E-state index in [1.54, 1.807) is 7.11 Å². The Kier molecular flexibility index (Phi) is 2.82. The number of benzene rings is 1. The fraction of sp³-hybridized carbons (Fsp3) is 0.571. The summed E-state index contributed by atoms with van der Waals surface area (Å²) in [5, 5.41) is 0. The van der Waals surface area contributed by atoms with Crippen LogP contribution in [0.1, 0.15) is 6.42 Å². The molecule has 2 aliphatic rings. The molecule has 98 valence electrons. The van der Waals surface area contributed by atoms with Crippen LogP contribution >= 0.6 is 0 Å². The first kappa shape index (κ1) is 11.7. The van der Waals surface area contributed by atoms with Crippen LogP contribution in [0.5, 0.6) is 5.75 Å². The van der Waals surface area contributed by atoms with Crippen molar-refractivity contribution in [1.29, 1.82) is 0 Å². The Morgan fingerprint density at radius 1 is 1.33 bits per heavy atom. The average Bonchev–Trinajstić information content (AvgIpc) is 2.37. The number of hydrogen-bond donors (Lipinski definition) is 1. The molecule has 0 spiro atoms. The lowest BCUT2D eigenvalue weighted by molar-refractivity contribution is 0.0271. The van der Waals surface area contributed by atoms with E-state index in [-0.39, 0.29) is 0 Å². The summed E-state index contributed by atoms with van der Waals surface area (Å²) >= 11 is 0. The molecule has 1 aromatic rings.